The lowest BCUT2D eigenvalue weighted by Gasteiger charge is -2.20. The summed E-state index contributed by atoms with van der Waals surface area (Å²) in [5.41, 5.74) is 5.04. The van der Waals surface area contributed by atoms with Gasteiger partial charge in [0.05, 0.1) is 18.4 Å². The largest absolute Gasteiger partial charge is 0.495 e. The Morgan fingerprint density at radius 2 is 1.95 bits per heavy atom. The number of para-hydroxylation sites is 1. The van der Waals surface area contributed by atoms with Crippen molar-refractivity contribution >= 4 is 5.69 Å². The highest BCUT2D eigenvalue weighted by molar-refractivity contribution is 5.67. The highest BCUT2D eigenvalue weighted by Crippen LogP contribution is 2.32. The van der Waals surface area contributed by atoms with E-state index in [1.54, 1.807) is 13.2 Å². The minimum absolute atomic E-state index is 0.0917. The second-order valence-corrected chi connectivity index (χ2v) is 5.22. The molecule has 0 aliphatic heterocycles. The number of nitrogens with zero attached hydrogens (tertiary/aromatic N) is 1. The number of hydrogen-bond acceptors (Lipinski definition) is 3. The van der Waals surface area contributed by atoms with Gasteiger partial charge in [-0.2, -0.15) is 5.26 Å². The average molecular weight is 280 g/mol. The van der Waals surface area contributed by atoms with Crippen LogP contribution in [0, 0.1) is 25.2 Å². The van der Waals surface area contributed by atoms with E-state index < -0.39 is 0 Å². The molecule has 0 fully saturated rings. The van der Waals surface area contributed by atoms with Gasteiger partial charge in [-0.05, 0) is 44.0 Å². The minimum Gasteiger partial charge on any atom is -0.495 e. The number of nitrogens with one attached hydrogen (secondary N) is 1. The van der Waals surface area contributed by atoms with Crippen LogP contribution in [-0.2, 0) is 0 Å². The molecule has 0 saturated heterocycles. The molecule has 0 aromatic heterocycles. The topological polar surface area (TPSA) is 45.0 Å². The van der Waals surface area contributed by atoms with Gasteiger partial charge in [0, 0.05) is 6.04 Å². The molecule has 1 N–H and O–H groups in total. The van der Waals surface area contributed by atoms with Gasteiger partial charge in [-0.25, -0.2) is 0 Å². The van der Waals surface area contributed by atoms with Gasteiger partial charge in [-0.3, -0.25) is 0 Å². The standard InChI is InChI=1S/C18H20N2O/c1-12-8-9-16(13(2)10-12)14(3)20-18-15(11-19)6-5-7-17(18)21-4/h5-10,14,20H,1-4H3. The molecule has 0 saturated carbocycles. The minimum atomic E-state index is 0.0917. The Labute approximate surface area is 126 Å². The van der Waals surface area contributed by atoms with Crippen LogP contribution in [0.15, 0.2) is 36.4 Å². The number of benzene rings is 2. The third kappa shape index (κ3) is 3.17. The van der Waals surface area contributed by atoms with Crippen LogP contribution in [-0.4, -0.2) is 7.11 Å². The lowest BCUT2D eigenvalue weighted by molar-refractivity contribution is 0.416. The summed E-state index contributed by atoms with van der Waals surface area (Å²) in [7, 11) is 1.61. The lowest BCUT2D eigenvalue weighted by atomic mass is 9.99. The zero-order chi connectivity index (χ0) is 15.4. The number of rotatable bonds is 4. The Bertz CT molecular complexity index is 686. The normalized spacial score (nSPS) is 11.6. The van der Waals surface area contributed by atoms with E-state index in [0.29, 0.717) is 11.3 Å². The van der Waals surface area contributed by atoms with Gasteiger partial charge in [-0.1, -0.05) is 29.8 Å². The SMILES string of the molecule is COc1cccc(C#N)c1NC(C)c1ccc(C)cc1C. The summed E-state index contributed by atoms with van der Waals surface area (Å²) < 4.78 is 5.36. The molecule has 0 aliphatic rings. The van der Waals surface area contributed by atoms with Gasteiger partial charge in [-0.15, -0.1) is 0 Å². The summed E-state index contributed by atoms with van der Waals surface area (Å²) in [6.45, 7) is 6.28. The molecule has 1 unspecified atom stereocenters. The van der Waals surface area contributed by atoms with E-state index in [1.807, 2.05) is 12.1 Å². The van der Waals surface area contributed by atoms with Crippen molar-refractivity contribution in [3.63, 3.8) is 0 Å². The molecule has 3 heteroatoms. The van der Waals surface area contributed by atoms with Gasteiger partial charge in [0.15, 0.2) is 0 Å². The van der Waals surface area contributed by atoms with Crippen LogP contribution in [0.4, 0.5) is 5.69 Å². The van der Waals surface area contributed by atoms with Crippen molar-refractivity contribution in [3.05, 3.63) is 58.7 Å². The molecule has 0 bridgehead atoms. The van der Waals surface area contributed by atoms with E-state index in [2.05, 4.69) is 50.4 Å². The van der Waals surface area contributed by atoms with Crippen LogP contribution in [0.25, 0.3) is 0 Å². The first-order valence-corrected chi connectivity index (χ1v) is 6.97. The maximum atomic E-state index is 9.27. The van der Waals surface area contributed by atoms with Crippen LogP contribution >= 0.6 is 0 Å². The van der Waals surface area contributed by atoms with E-state index in [-0.39, 0.29) is 6.04 Å². The van der Waals surface area contributed by atoms with Crippen LogP contribution < -0.4 is 10.1 Å². The maximum Gasteiger partial charge on any atom is 0.143 e. The number of hydrogen-bond donors (Lipinski definition) is 1. The molecule has 0 radical (unpaired) electrons. The Hall–Kier alpha value is -2.47. The summed E-state index contributed by atoms with van der Waals surface area (Å²) >= 11 is 0. The van der Waals surface area contributed by atoms with Crippen molar-refractivity contribution in [1.29, 1.82) is 5.26 Å². The molecule has 0 spiro atoms. The summed E-state index contributed by atoms with van der Waals surface area (Å²) in [6, 6.07) is 14.2. The molecule has 0 amide bonds. The summed E-state index contributed by atoms with van der Waals surface area (Å²) in [4.78, 5) is 0. The molecule has 3 nitrogen and oxygen atoms in total. The molecule has 2 aromatic carbocycles. The molecule has 1 atom stereocenters. The fraction of sp³-hybridized carbons (Fsp3) is 0.278. The first kappa shape index (κ1) is 14.9. The molecule has 2 rings (SSSR count). The van der Waals surface area contributed by atoms with Gasteiger partial charge >= 0.3 is 0 Å². The number of methoxy groups -OCH3 is 1. The van der Waals surface area contributed by atoms with Crippen molar-refractivity contribution < 1.29 is 4.74 Å². The second kappa shape index (κ2) is 6.32. The predicted molar refractivity (Wildman–Crippen MR) is 85.7 cm³/mol. The van der Waals surface area contributed by atoms with Crippen molar-refractivity contribution in [1.82, 2.24) is 0 Å². The molecule has 21 heavy (non-hydrogen) atoms. The Balaban J connectivity index is 2.36. The fourth-order valence-electron chi connectivity index (χ4n) is 2.55. The number of nitriles is 1. The van der Waals surface area contributed by atoms with Crippen molar-refractivity contribution in [2.45, 2.75) is 26.8 Å². The van der Waals surface area contributed by atoms with E-state index in [4.69, 9.17) is 4.74 Å². The highest BCUT2D eigenvalue weighted by Gasteiger charge is 2.14. The van der Waals surface area contributed by atoms with Crippen LogP contribution in [0.2, 0.25) is 0 Å². The maximum absolute atomic E-state index is 9.27. The third-order valence-corrected chi connectivity index (χ3v) is 3.62. The van der Waals surface area contributed by atoms with Gasteiger partial charge in [0.2, 0.25) is 0 Å². The first-order valence-electron chi connectivity index (χ1n) is 6.97. The molecule has 0 heterocycles. The molecular formula is C18H20N2O. The van der Waals surface area contributed by atoms with E-state index in [0.717, 1.165) is 5.69 Å². The Morgan fingerprint density at radius 3 is 2.57 bits per heavy atom. The third-order valence-electron chi connectivity index (χ3n) is 3.62. The van der Waals surface area contributed by atoms with E-state index in [9.17, 15) is 5.26 Å². The molecule has 2 aromatic rings. The van der Waals surface area contributed by atoms with E-state index in [1.165, 1.54) is 16.7 Å². The van der Waals surface area contributed by atoms with Gasteiger partial charge in [0.1, 0.15) is 11.8 Å². The van der Waals surface area contributed by atoms with E-state index >= 15 is 0 Å². The smallest absolute Gasteiger partial charge is 0.143 e. The monoisotopic (exact) mass is 280 g/mol. The number of ether oxygens (including phenoxy) is 1. The summed E-state index contributed by atoms with van der Waals surface area (Å²) in [6.07, 6.45) is 0. The van der Waals surface area contributed by atoms with Crippen molar-refractivity contribution in [2.75, 3.05) is 12.4 Å². The first-order chi connectivity index (χ1) is 10.1. The molecular weight excluding hydrogens is 260 g/mol. The molecule has 108 valence electrons. The molecule has 0 aliphatic carbocycles. The number of anilines is 1. The lowest BCUT2D eigenvalue weighted by Crippen LogP contribution is -2.10. The fourth-order valence-corrected chi connectivity index (χ4v) is 2.55. The Kier molecular flexibility index (Phi) is 4.49. The zero-order valence-electron chi connectivity index (χ0n) is 12.9. The predicted octanol–water partition coefficient (Wildman–Crippen LogP) is 4.36. The number of aryl methyl sites for hydroxylation is 2. The Morgan fingerprint density at radius 1 is 1.19 bits per heavy atom. The van der Waals surface area contributed by atoms with Crippen LogP contribution in [0.5, 0.6) is 5.75 Å². The summed E-state index contributed by atoms with van der Waals surface area (Å²) in [5, 5.41) is 12.7. The van der Waals surface area contributed by atoms with Crippen molar-refractivity contribution in [3.8, 4) is 11.8 Å². The summed E-state index contributed by atoms with van der Waals surface area (Å²) in [5.74, 6) is 0.686. The second-order valence-electron chi connectivity index (χ2n) is 5.22. The zero-order valence-corrected chi connectivity index (χ0v) is 12.9. The van der Waals surface area contributed by atoms with Crippen molar-refractivity contribution in [2.24, 2.45) is 0 Å². The average Bonchev–Trinajstić information content (AvgIpc) is 2.47. The highest BCUT2D eigenvalue weighted by atomic mass is 16.5. The quantitative estimate of drug-likeness (QED) is 0.905. The van der Waals surface area contributed by atoms with Crippen LogP contribution in [0.1, 0.15) is 35.2 Å². The van der Waals surface area contributed by atoms with Gasteiger partial charge in [0.25, 0.3) is 0 Å². The van der Waals surface area contributed by atoms with Crippen LogP contribution in [0.3, 0.4) is 0 Å². The van der Waals surface area contributed by atoms with Gasteiger partial charge < -0.3 is 10.1 Å².